The number of phenols is 1. The van der Waals surface area contributed by atoms with E-state index in [0.29, 0.717) is 17.9 Å². The van der Waals surface area contributed by atoms with Crippen LogP contribution < -0.4 is 4.74 Å². The third-order valence-corrected chi connectivity index (χ3v) is 5.02. The first-order chi connectivity index (χ1) is 14.2. The van der Waals surface area contributed by atoms with Gasteiger partial charge in [0.2, 0.25) is 0 Å². The molecule has 1 aliphatic heterocycles. The minimum atomic E-state index is -1.56. The fourth-order valence-corrected chi connectivity index (χ4v) is 2.88. The highest BCUT2D eigenvalue weighted by Crippen LogP contribution is 2.31. The molecule has 2 rings (SSSR count). The van der Waals surface area contributed by atoms with Crippen molar-refractivity contribution in [3.63, 3.8) is 0 Å². The summed E-state index contributed by atoms with van der Waals surface area (Å²) in [5.41, 5.74) is 0.340. The summed E-state index contributed by atoms with van der Waals surface area (Å²) < 4.78 is 11.1. The number of ketones is 1. The van der Waals surface area contributed by atoms with Crippen molar-refractivity contribution in [1.82, 2.24) is 0 Å². The van der Waals surface area contributed by atoms with Gasteiger partial charge in [-0.1, -0.05) is 38.5 Å². The summed E-state index contributed by atoms with van der Waals surface area (Å²) in [5.74, 6) is -1.53. The maximum absolute atomic E-state index is 12.8. The van der Waals surface area contributed by atoms with Crippen molar-refractivity contribution in [3.8, 4) is 11.5 Å². The molecule has 1 aromatic rings. The van der Waals surface area contributed by atoms with Gasteiger partial charge in [0.15, 0.2) is 5.78 Å². The van der Waals surface area contributed by atoms with Crippen LogP contribution >= 0.6 is 0 Å². The zero-order valence-corrected chi connectivity index (χ0v) is 17.6. The minimum Gasteiger partial charge on any atom is -0.507 e. The van der Waals surface area contributed by atoms with Crippen molar-refractivity contribution in [3.05, 3.63) is 41.5 Å². The first-order valence-corrected chi connectivity index (χ1v) is 10.2. The number of carbonyl (C=O) groups is 2. The Bertz CT molecular complexity index is 812. The lowest BCUT2D eigenvalue weighted by atomic mass is 9.99. The van der Waals surface area contributed by atoms with Crippen LogP contribution in [-0.4, -0.2) is 52.0 Å². The summed E-state index contributed by atoms with van der Waals surface area (Å²) >= 11 is 0. The SMILES string of the molecule is CCCCOc1cc(O)c2c(c1)/C=C/C[C@H](O)[C@H](O)C(=O)/C=C\[C@@H](C)[C@H](C)OC2=O. The van der Waals surface area contributed by atoms with Crippen LogP contribution in [0.2, 0.25) is 0 Å². The maximum Gasteiger partial charge on any atom is 0.342 e. The van der Waals surface area contributed by atoms with Crippen molar-refractivity contribution in [2.75, 3.05) is 6.61 Å². The van der Waals surface area contributed by atoms with E-state index in [4.69, 9.17) is 9.47 Å². The zero-order chi connectivity index (χ0) is 22.3. The monoisotopic (exact) mass is 418 g/mol. The van der Waals surface area contributed by atoms with Crippen LogP contribution in [0.3, 0.4) is 0 Å². The van der Waals surface area contributed by atoms with Crippen LogP contribution in [0.15, 0.2) is 30.4 Å². The van der Waals surface area contributed by atoms with Gasteiger partial charge in [0.05, 0.1) is 12.7 Å². The molecule has 0 saturated carbocycles. The van der Waals surface area contributed by atoms with Gasteiger partial charge in [-0.15, -0.1) is 0 Å². The molecule has 0 unspecified atom stereocenters. The Morgan fingerprint density at radius 2 is 1.90 bits per heavy atom. The molecule has 1 heterocycles. The number of cyclic esters (lactones) is 1. The van der Waals surface area contributed by atoms with Crippen LogP contribution in [0.5, 0.6) is 11.5 Å². The molecule has 30 heavy (non-hydrogen) atoms. The van der Waals surface area contributed by atoms with Gasteiger partial charge in [0, 0.05) is 12.0 Å². The van der Waals surface area contributed by atoms with Crippen molar-refractivity contribution in [2.24, 2.45) is 5.92 Å². The van der Waals surface area contributed by atoms with E-state index >= 15 is 0 Å². The van der Waals surface area contributed by atoms with Gasteiger partial charge in [-0.3, -0.25) is 4.79 Å². The van der Waals surface area contributed by atoms with E-state index in [9.17, 15) is 24.9 Å². The molecule has 0 bridgehead atoms. The summed E-state index contributed by atoms with van der Waals surface area (Å²) in [6, 6.07) is 2.98. The van der Waals surface area contributed by atoms with Crippen LogP contribution in [0.4, 0.5) is 0 Å². The molecule has 0 radical (unpaired) electrons. The number of aliphatic hydroxyl groups is 2. The Morgan fingerprint density at radius 1 is 1.17 bits per heavy atom. The lowest BCUT2D eigenvalue weighted by molar-refractivity contribution is -0.127. The number of aliphatic hydroxyl groups excluding tert-OH is 2. The second-order valence-corrected chi connectivity index (χ2v) is 7.49. The maximum atomic E-state index is 12.8. The Hall–Kier alpha value is -2.64. The lowest BCUT2D eigenvalue weighted by Gasteiger charge is -2.20. The number of ether oxygens (including phenoxy) is 2. The summed E-state index contributed by atoms with van der Waals surface area (Å²) in [6.45, 7) is 5.92. The fourth-order valence-electron chi connectivity index (χ4n) is 2.88. The number of benzene rings is 1. The van der Waals surface area contributed by atoms with E-state index in [0.717, 1.165) is 12.8 Å². The molecule has 7 heteroatoms. The molecule has 0 aromatic heterocycles. The first kappa shape index (κ1) is 23.6. The van der Waals surface area contributed by atoms with E-state index in [-0.39, 0.29) is 23.7 Å². The number of carbonyl (C=O) groups excluding carboxylic acids is 2. The highest BCUT2D eigenvalue weighted by atomic mass is 16.5. The number of fused-ring (bicyclic) bond motifs is 1. The van der Waals surface area contributed by atoms with E-state index in [1.807, 2.05) is 6.92 Å². The molecule has 1 aromatic carbocycles. The molecular weight excluding hydrogens is 388 g/mol. The molecule has 0 aliphatic carbocycles. The Labute approximate surface area is 176 Å². The van der Waals surface area contributed by atoms with Crippen LogP contribution in [0.1, 0.15) is 56.0 Å². The predicted molar refractivity (Wildman–Crippen MR) is 112 cm³/mol. The Morgan fingerprint density at radius 3 is 2.60 bits per heavy atom. The number of rotatable bonds is 4. The van der Waals surface area contributed by atoms with Crippen molar-refractivity contribution in [1.29, 1.82) is 0 Å². The number of hydrogen-bond acceptors (Lipinski definition) is 7. The first-order valence-electron chi connectivity index (χ1n) is 10.2. The third-order valence-electron chi connectivity index (χ3n) is 5.02. The predicted octanol–water partition coefficient (Wildman–Crippen LogP) is 3.02. The Kier molecular flexibility index (Phi) is 8.62. The van der Waals surface area contributed by atoms with Crippen LogP contribution in [-0.2, 0) is 9.53 Å². The van der Waals surface area contributed by atoms with Crippen molar-refractivity contribution < 1.29 is 34.4 Å². The van der Waals surface area contributed by atoms with Crippen molar-refractivity contribution >= 4 is 17.8 Å². The van der Waals surface area contributed by atoms with E-state index in [1.54, 1.807) is 19.9 Å². The second-order valence-electron chi connectivity index (χ2n) is 7.49. The molecule has 164 valence electrons. The van der Waals surface area contributed by atoms with Gasteiger partial charge in [0.1, 0.15) is 29.3 Å². The molecule has 7 nitrogen and oxygen atoms in total. The number of aromatic hydroxyl groups is 1. The molecule has 0 saturated heterocycles. The van der Waals surface area contributed by atoms with Crippen LogP contribution in [0.25, 0.3) is 6.08 Å². The number of esters is 1. The Balaban J connectivity index is 2.44. The molecular formula is C23H30O7. The standard InChI is InChI=1S/C23H30O7/c1-4-5-11-29-17-12-16-7-6-8-18(24)22(27)19(25)10-9-14(2)15(3)30-23(28)21(16)20(26)13-17/h6-7,9-10,12-15,18,22,24,26-27H,4-5,8,11H2,1-3H3/b7-6+,10-9-/t14-,15+,18+,22+/m1/s1. The molecule has 0 amide bonds. The van der Waals surface area contributed by atoms with Gasteiger partial charge in [0.25, 0.3) is 0 Å². The molecule has 3 N–H and O–H groups in total. The highest BCUT2D eigenvalue weighted by Gasteiger charge is 2.25. The van der Waals surface area contributed by atoms with E-state index in [1.165, 1.54) is 30.4 Å². The average molecular weight is 418 g/mol. The van der Waals surface area contributed by atoms with Gasteiger partial charge < -0.3 is 24.8 Å². The third kappa shape index (κ3) is 6.18. The van der Waals surface area contributed by atoms with E-state index in [2.05, 4.69) is 0 Å². The fraction of sp³-hybridized carbons (Fsp3) is 0.478. The summed E-state index contributed by atoms with van der Waals surface area (Å²) in [6.07, 6.45) is 4.06. The van der Waals surface area contributed by atoms with Gasteiger partial charge in [-0.25, -0.2) is 4.79 Å². The summed E-state index contributed by atoms with van der Waals surface area (Å²) in [4.78, 5) is 24.8. The van der Waals surface area contributed by atoms with Crippen molar-refractivity contribution in [2.45, 2.75) is 58.3 Å². The number of hydrogen-bond donors (Lipinski definition) is 3. The summed E-state index contributed by atoms with van der Waals surface area (Å²) in [7, 11) is 0. The zero-order valence-electron chi connectivity index (χ0n) is 17.6. The molecule has 0 spiro atoms. The van der Waals surface area contributed by atoms with Gasteiger partial charge in [-0.2, -0.15) is 0 Å². The highest BCUT2D eigenvalue weighted by molar-refractivity contribution is 5.97. The largest absolute Gasteiger partial charge is 0.507 e. The minimum absolute atomic E-state index is 0.0136. The van der Waals surface area contributed by atoms with Gasteiger partial charge in [-0.05, 0) is 37.5 Å². The normalized spacial score (nSPS) is 27.5. The molecule has 1 aliphatic rings. The number of phenolic OH excluding ortho intramolecular Hbond substituents is 1. The summed E-state index contributed by atoms with van der Waals surface area (Å²) in [5, 5.41) is 30.6. The number of unbranched alkanes of at least 4 members (excludes halogenated alkanes) is 1. The quantitative estimate of drug-likeness (QED) is 0.509. The second kappa shape index (κ2) is 10.9. The van der Waals surface area contributed by atoms with Crippen LogP contribution in [0, 0.1) is 5.92 Å². The molecule has 0 fully saturated rings. The molecule has 4 atom stereocenters. The average Bonchev–Trinajstić information content (AvgIpc) is 2.70. The smallest absolute Gasteiger partial charge is 0.342 e. The van der Waals surface area contributed by atoms with Gasteiger partial charge >= 0.3 is 5.97 Å². The lowest BCUT2D eigenvalue weighted by Crippen LogP contribution is -2.32. The topological polar surface area (TPSA) is 113 Å². The van der Waals surface area contributed by atoms with E-state index < -0.39 is 30.1 Å².